The minimum absolute atomic E-state index is 0.346. The highest BCUT2D eigenvalue weighted by molar-refractivity contribution is 6.03. The van der Waals surface area contributed by atoms with Gasteiger partial charge < -0.3 is 4.42 Å². The van der Waals surface area contributed by atoms with Crippen LogP contribution in [0.3, 0.4) is 0 Å². The van der Waals surface area contributed by atoms with E-state index in [1.54, 1.807) is 10.7 Å². The molecule has 0 N–H and O–H groups in total. The Morgan fingerprint density at radius 2 is 1.45 bits per heavy atom. The van der Waals surface area contributed by atoms with Crippen molar-refractivity contribution in [3.8, 4) is 39.7 Å². The molecule has 0 saturated heterocycles. The van der Waals surface area contributed by atoms with Crippen molar-refractivity contribution in [3.05, 3.63) is 119 Å². The van der Waals surface area contributed by atoms with Gasteiger partial charge in [-0.05, 0) is 36.6 Å². The summed E-state index contributed by atoms with van der Waals surface area (Å²) in [6, 6.07) is 29.2. The van der Waals surface area contributed by atoms with E-state index in [9.17, 15) is 4.79 Å². The summed E-state index contributed by atoms with van der Waals surface area (Å²) in [7, 11) is 0. The second-order valence-corrected chi connectivity index (χ2v) is 9.74. The number of rotatable bonds is 3. The first kappa shape index (κ1) is 22.5. The van der Waals surface area contributed by atoms with Crippen LogP contribution in [-0.4, -0.2) is 29.9 Å². The molecule has 0 saturated carbocycles. The Bertz CT molecular complexity index is 2140. The molecule has 1 aliphatic carbocycles. The first-order valence-corrected chi connectivity index (χ1v) is 13.0. The number of hydrogen-bond acceptors (Lipinski definition) is 7. The van der Waals surface area contributed by atoms with E-state index in [-0.39, 0.29) is 0 Å². The lowest BCUT2D eigenvalue weighted by Crippen LogP contribution is -2.13. The molecule has 0 fully saturated rings. The van der Waals surface area contributed by atoms with E-state index in [1.165, 1.54) is 0 Å². The monoisotopic (exact) mass is 520 g/mol. The Morgan fingerprint density at radius 3 is 2.25 bits per heavy atom. The van der Waals surface area contributed by atoms with Gasteiger partial charge in [0.2, 0.25) is 0 Å². The minimum Gasteiger partial charge on any atom is -0.422 e. The molecule has 0 aliphatic heterocycles. The summed E-state index contributed by atoms with van der Waals surface area (Å²) < 4.78 is 7.32. The van der Waals surface area contributed by atoms with Crippen LogP contribution in [0.25, 0.3) is 61.6 Å². The lowest BCUT2D eigenvalue weighted by Gasteiger charge is -2.18. The third-order valence-corrected chi connectivity index (χ3v) is 7.36. The van der Waals surface area contributed by atoms with Gasteiger partial charge in [0.05, 0.1) is 28.5 Å². The molecular formula is C32H20N6O2. The number of pyridine rings is 1. The van der Waals surface area contributed by atoms with Crippen molar-refractivity contribution >= 4 is 21.9 Å². The van der Waals surface area contributed by atoms with E-state index in [0.29, 0.717) is 33.8 Å². The third kappa shape index (κ3) is 3.46. The third-order valence-electron chi connectivity index (χ3n) is 7.36. The predicted octanol–water partition coefficient (Wildman–Crippen LogP) is 5.81. The lowest BCUT2D eigenvalue weighted by molar-refractivity contribution is 0.569. The van der Waals surface area contributed by atoms with Crippen molar-refractivity contribution in [3.63, 3.8) is 0 Å². The van der Waals surface area contributed by atoms with Crippen LogP contribution in [0.1, 0.15) is 11.3 Å². The fourth-order valence-corrected chi connectivity index (χ4v) is 5.47. The van der Waals surface area contributed by atoms with E-state index in [0.717, 1.165) is 51.9 Å². The molecule has 0 spiro atoms. The van der Waals surface area contributed by atoms with Gasteiger partial charge in [-0.3, -0.25) is 4.98 Å². The summed E-state index contributed by atoms with van der Waals surface area (Å²) in [6.45, 7) is 0. The number of fused-ring (bicyclic) bond motifs is 6. The van der Waals surface area contributed by atoms with E-state index in [4.69, 9.17) is 14.4 Å². The molecule has 0 unspecified atom stereocenters. The molecule has 8 nitrogen and oxygen atoms in total. The van der Waals surface area contributed by atoms with E-state index < -0.39 is 5.63 Å². The average molecular weight is 521 g/mol. The summed E-state index contributed by atoms with van der Waals surface area (Å²) in [5, 5.41) is 15.1. The van der Waals surface area contributed by atoms with E-state index >= 15 is 0 Å². The Labute approximate surface area is 227 Å². The van der Waals surface area contributed by atoms with E-state index in [1.807, 2.05) is 91.1 Å². The molecule has 7 aromatic rings. The van der Waals surface area contributed by atoms with Gasteiger partial charge in [0.1, 0.15) is 17.0 Å². The maximum atomic E-state index is 13.0. The summed E-state index contributed by atoms with van der Waals surface area (Å²) in [4.78, 5) is 23.0. The highest BCUT2D eigenvalue weighted by Gasteiger charge is 2.26. The molecular weight excluding hydrogens is 500 g/mol. The van der Waals surface area contributed by atoms with Crippen LogP contribution in [0, 0.1) is 0 Å². The number of hydrogen-bond donors (Lipinski definition) is 0. The van der Waals surface area contributed by atoms with Gasteiger partial charge in [-0.1, -0.05) is 72.8 Å². The summed E-state index contributed by atoms with van der Waals surface area (Å²) in [5.41, 5.74) is 7.59. The molecule has 4 heterocycles. The Morgan fingerprint density at radius 1 is 0.725 bits per heavy atom. The zero-order chi connectivity index (χ0) is 26.6. The average Bonchev–Trinajstić information content (AvgIpc) is 3.46. The summed E-state index contributed by atoms with van der Waals surface area (Å²) in [6.07, 6.45) is 3.34. The van der Waals surface area contributed by atoms with Crippen LogP contribution in [-0.2, 0) is 12.8 Å². The van der Waals surface area contributed by atoms with Crippen LogP contribution >= 0.6 is 0 Å². The van der Waals surface area contributed by atoms with Crippen molar-refractivity contribution in [2.75, 3.05) is 0 Å². The van der Waals surface area contributed by atoms with Gasteiger partial charge in [0, 0.05) is 22.1 Å². The van der Waals surface area contributed by atoms with Crippen LogP contribution in [0.2, 0.25) is 0 Å². The molecule has 4 aromatic heterocycles. The SMILES string of the molecule is O=c1oc2ccccc2c2nc3c(cc12)-c1c(cnn1-c1nnc(-c2ccccc2)c(-c2ccccc2)n1)CC3. The normalized spacial score (nSPS) is 12.4. The predicted molar refractivity (Wildman–Crippen MR) is 152 cm³/mol. The second kappa shape index (κ2) is 8.78. The molecule has 3 aromatic carbocycles. The summed E-state index contributed by atoms with van der Waals surface area (Å²) >= 11 is 0. The van der Waals surface area contributed by atoms with Gasteiger partial charge in [-0.15, -0.1) is 10.2 Å². The molecule has 40 heavy (non-hydrogen) atoms. The highest BCUT2D eigenvalue weighted by Crippen LogP contribution is 2.37. The first-order chi connectivity index (χ1) is 19.7. The molecule has 190 valence electrons. The fraction of sp³-hybridized carbons (Fsp3) is 0.0625. The Hall–Kier alpha value is -5.50. The molecule has 0 atom stereocenters. The maximum absolute atomic E-state index is 13.0. The molecule has 8 heteroatoms. The molecule has 0 bridgehead atoms. The van der Waals surface area contributed by atoms with Crippen molar-refractivity contribution in [2.45, 2.75) is 12.8 Å². The van der Waals surface area contributed by atoms with E-state index in [2.05, 4.69) is 15.3 Å². The standard InChI is InChI=1S/C32H20N6O2/c39-31-24-17-23-25(34-29(24)22-13-7-8-14-26(22)40-31)16-15-21-18-33-38(30(21)23)32-35-27(19-9-3-1-4-10-19)28(36-37-32)20-11-5-2-6-12-20/h1-14,17-18H,15-16H2. The first-order valence-electron chi connectivity index (χ1n) is 13.0. The van der Waals surface area contributed by atoms with Crippen molar-refractivity contribution in [2.24, 2.45) is 0 Å². The van der Waals surface area contributed by atoms with Gasteiger partial charge in [-0.25, -0.2) is 9.78 Å². The molecule has 0 radical (unpaired) electrons. The van der Waals surface area contributed by atoms with Crippen LogP contribution in [0.4, 0.5) is 0 Å². The smallest absolute Gasteiger partial charge is 0.345 e. The number of aromatic nitrogens is 6. The van der Waals surface area contributed by atoms with Crippen molar-refractivity contribution in [1.29, 1.82) is 0 Å². The van der Waals surface area contributed by atoms with Crippen LogP contribution in [0.5, 0.6) is 0 Å². The van der Waals surface area contributed by atoms with Gasteiger partial charge in [0.15, 0.2) is 0 Å². The van der Waals surface area contributed by atoms with Gasteiger partial charge >= 0.3 is 5.63 Å². The quantitative estimate of drug-likeness (QED) is 0.214. The largest absolute Gasteiger partial charge is 0.422 e. The second-order valence-electron chi connectivity index (χ2n) is 9.74. The van der Waals surface area contributed by atoms with Crippen LogP contribution < -0.4 is 5.63 Å². The topological polar surface area (TPSA) is 99.6 Å². The number of aryl methyl sites for hydroxylation is 2. The number of benzene rings is 3. The Kier molecular flexibility index (Phi) is 4.93. The lowest BCUT2D eigenvalue weighted by atomic mass is 9.93. The zero-order valence-corrected chi connectivity index (χ0v) is 21.2. The maximum Gasteiger partial charge on any atom is 0.345 e. The minimum atomic E-state index is -0.418. The zero-order valence-electron chi connectivity index (χ0n) is 21.2. The molecule has 0 amide bonds. The molecule has 8 rings (SSSR count). The van der Waals surface area contributed by atoms with Gasteiger partial charge in [-0.2, -0.15) is 9.78 Å². The summed E-state index contributed by atoms with van der Waals surface area (Å²) in [5.74, 6) is 0.346. The van der Waals surface area contributed by atoms with Gasteiger partial charge in [0.25, 0.3) is 5.95 Å². The number of para-hydroxylation sites is 1. The fourth-order valence-electron chi connectivity index (χ4n) is 5.47. The Balaban J connectivity index is 1.34. The van der Waals surface area contributed by atoms with Crippen molar-refractivity contribution < 1.29 is 4.42 Å². The molecule has 1 aliphatic rings. The number of nitrogens with zero attached hydrogens (tertiary/aromatic N) is 6. The highest BCUT2D eigenvalue weighted by atomic mass is 16.4. The van der Waals surface area contributed by atoms with Crippen molar-refractivity contribution in [1.82, 2.24) is 29.9 Å². The van der Waals surface area contributed by atoms with Crippen LogP contribution in [0.15, 0.2) is 106 Å².